The maximum Gasteiger partial charge on any atom is 0.167 e. The van der Waals surface area contributed by atoms with E-state index < -0.39 is 23.8 Å². The molecule has 1 unspecified atom stereocenters. The summed E-state index contributed by atoms with van der Waals surface area (Å²) in [5.74, 6) is -0.850. The Kier molecular flexibility index (Phi) is 4.84. The van der Waals surface area contributed by atoms with Crippen LogP contribution in [0.5, 0.6) is 0 Å². The molecule has 0 rings (SSSR count). The molecule has 0 saturated carbocycles. The molecule has 0 heterocycles. The molecule has 0 radical (unpaired) electrons. The first-order valence-corrected chi connectivity index (χ1v) is 3.76. The summed E-state index contributed by atoms with van der Waals surface area (Å²) >= 11 is -2.68. The largest absolute Gasteiger partial charge is 0.750 e. The molecule has 0 N–H and O–H groups in total. The molecule has 0 aromatic rings. The summed E-state index contributed by atoms with van der Waals surface area (Å²) in [4.78, 5) is 20.8. The van der Waals surface area contributed by atoms with Crippen LogP contribution in [0, 0.1) is 0 Å². The summed E-state index contributed by atoms with van der Waals surface area (Å²) < 4.78 is 23.4. The van der Waals surface area contributed by atoms with Gasteiger partial charge in [0.1, 0.15) is 12.4 Å². The number of Topliss-reactive ketones (excluding diaryl/α,β-unsaturated/α-hetero) is 2. The van der Waals surface area contributed by atoms with E-state index >= 15 is 0 Å². The van der Waals surface area contributed by atoms with Crippen molar-refractivity contribution in [3.8, 4) is 0 Å². The van der Waals surface area contributed by atoms with Gasteiger partial charge in [-0.25, -0.2) is 4.21 Å². The molecular formula is C5H7O5S-. The molecule has 11 heavy (non-hydrogen) atoms. The van der Waals surface area contributed by atoms with Gasteiger partial charge in [-0.2, -0.15) is 0 Å². The molecule has 5 nitrogen and oxygen atoms in total. The fourth-order valence-electron chi connectivity index (χ4n) is 0.443. The summed E-state index contributed by atoms with van der Waals surface area (Å²) in [6.07, 6.45) is -0.281. The van der Waals surface area contributed by atoms with E-state index in [1.165, 1.54) is 6.92 Å². The molecule has 0 bridgehead atoms. The fraction of sp³-hybridized carbons (Fsp3) is 0.600. The highest BCUT2D eigenvalue weighted by Gasteiger charge is 2.04. The molecule has 0 aliphatic carbocycles. The SMILES string of the molecule is CC(=O)CC(=O)COS(=O)[O-]. The van der Waals surface area contributed by atoms with E-state index in [-0.39, 0.29) is 12.2 Å². The molecule has 0 aliphatic heterocycles. The Labute approximate surface area is 66.2 Å². The second-order valence-electron chi connectivity index (χ2n) is 1.88. The van der Waals surface area contributed by atoms with Crippen LogP contribution in [0.2, 0.25) is 0 Å². The Morgan fingerprint density at radius 1 is 1.55 bits per heavy atom. The normalized spacial score (nSPS) is 12.5. The number of hydrogen-bond donors (Lipinski definition) is 0. The molecule has 0 aromatic heterocycles. The second kappa shape index (κ2) is 5.11. The van der Waals surface area contributed by atoms with Crippen molar-refractivity contribution in [3.63, 3.8) is 0 Å². The van der Waals surface area contributed by atoms with Crippen molar-refractivity contribution >= 4 is 22.9 Å². The molecule has 0 fully saturated rings. The number of rotatable bonds is 5. The highest BCUT2D eigenvalue weighted by Crippen LogP contribution is 1.87. The smallest absolute Gasteiger partial charge is 0.167 e. The van der Waals surface area contributed by atoms with E-state index in [0.717, 1.165) is 0 Å². The van der Waals surface area contributed by atoms with E-state index in [9.17, 15) is 18.4 Å². The molecule has 0 spiro atoms. The highest BCUT2D eigenvalue weighted by molar-refractivity contribution is 7.74. The van der Waals surface area contributed by atoms with Gasteiger partial charge in [0.05, 0.1) is 17.8 Å². The average Bonchev–Trinajstić information content (AvgIpc) is 1.82. The highest BCUT2D eigenvalue weighted by atomic mass is 32.2. The topological polar surface area (TPSA) is 83.5 Å². The van der Waals surface area contributed by atoms with Crippen LogP contribution in [0.3, 0.4) is 0 Å². The van der Waals surface area contributed by atoms with Crippen LogP contribution in [0.4, 0.5) is 0 Å². The number of hydrogen-bond acceptors (Lipinski definition) is 5. The van der Waals surface area contributed by atoms with Gasteiger partial charge >= 0.3 is 0 Å². The molecule has 6 heteroatoms. The zero-order valence-electron chi connectivity index (χ0n) is 5.86. The van der Waals surface area contributed by atoms with E-state index in [1.807, 2.05) is 0 Å². The van der Waals surface area contributed by atoms with E-state index in [2.05, 4.69) is 4.18 Å². The third-order valence-corrected chi connectivity index (χ3v) is 1.07. The van der Waals surface area contributed by atoms with Crippen LogP contribution in [-0.2, 0) is 25.1 Å². The molecular weight excluding hydrogens is 172 g/mol. The van der Waals surface area contributed by atoms with E-state index in [0.29, 0.717) is 0 Å². The Bertz CT molecular complexity index is 187. The lowest BCUT2D eigenvalue weighted by Gasteiger charge is -2.02. The van der Waals surface area contributed by atoms with Crippen LogP contribution in [0.25, 0.3) is 0 Å². The third-order valence-electron chi connectivity index (χ3n) is 0.762. The Morgan fingerprint density at radius 2 is 2.09 bits per heavy atom. The molecule has 0 amide bonds. The lowest BCUT2D eigenvalue weighted by atomic mass is 10.2. The summed E-state index contributed by atoms with van der Waals surface area (Å²) in [7, 11) is 0. The third kappa shape index (κ3) is 7.31. The quantitative estimate of drug-likeness (QED) is 0.413. The van der Waals surface area contributed by atoms with Gasteiger partial charge in [0.15, 0.2) is 5.78 Å². The van der Waals surface area contributed by atoms with Crippen molar-refractivity contribution in [2.24, 2.45) is 0 Å². The molecule has 0 saturated heterocycles. The molecule has 0 aromatic carbocycles. The van der Waals surface area contributed by atoms with Crippen molar-refractivity contribution < 1.29 is 22.5 Å². The first-order chi connectivity index (χ1) is 5.02. The second-order valence-corrected chi connectivity index (χ2v) is 2.53. The van der Waals surface area contributed by atoms with Gasteiger partial charge in [0.25, 0.3) is 0 Å². The van der Waals surface area contributed by atoms with Crippen molar-refractivity contribution in [2.75, 3.05) is 6.61 Å². The molecule has 64 valence electrons. The first-order valence-electron chi connectivity index (χ1n) is 2.76. The van der Waals surface area contributed by atoms with Crippen LogP contribution in [0.1, 0.15) is 13.3 Å². The number of ketones is 2. The lowest BCUT2D eigenvalue weighted by molar-refractivity contribution is -0.127. The van der Waals surface area contributed by atoms with Gasteiger partial charge in [0.2, 0.25) is 0 Å². The van der Waals surface area contributed by atoms with Gasteiger partial charge in [0, 0.05) is 0 Å². The van der Waals surface area contributed by atoms with Gasteiger partial charge < -0.3 is 4.55 Å². The van der Waals surface area contributed by atoms with E-state index in [4.69, 9.17) is 0 Å². The minimum Gasteiger partial charge on any atom is -0.750 e. The van der Waals surface area contributed by atoms with E-state index in [1.54, 1.807) is 0 Å². The standard InChI is InChI=1S/C5H8O5S/c1-4(6)2-5(7)3-10-11(8)9/h2-3H2,1H3,(H,8,9)/p-1. The lowest BCUT2D eigenvalue weighted by Crippen LogP contribution is -2.12. The van der Waals surface area contributed by atoms with Gasteiger partial charge in [-0.15, -0.1) is 0 Å². The number of carbonyl (C=O) groups excluding carboxylic acids is 2. The fourth-order valence-corrected chi connectivity index (χ4v) is 0.670. The van der Waals surface area contributed by atoms with Gasteiger partial charge in [-0.3, -0.25) is 13.8 Å². The van der Waals surface area contributed by atoms with Crippen LogP contribution >= 0.6 is 0 Å². The van der Waals surface area contributed by atoms with Crippen molar-refractivity contribution in [1.82, 2.24) is 0 Å². The summed E-state index contributed by atoms with van der Waals surface area (Å²) in [6.45, 7) is 0.682. The predicted molar refractivity (Wildman–Crippen MR) is 35.2 cm³/mol. The summed E-state index contributed by atoms with van der Waals surface area (Å²) in [5, 5.41) is 0. The Balaban J connectivity index is 3.53. The first kappa shape index (κ1) is 10.4. The molecule has 1 atom stereocenters. The summed E-state index contributed by atoms with van der Waals surface area (Å²) in [5.41, 5.74) is 0. The zero-order valence-corrected chi connectivity index (χ0v) is 6.68. The van der Waals surface area contributed by atoms with Crippen molar-refractivity contribution in [1.29, 1.82) is 0 Å². The monoisotopic (exact) mass is 179 g/mol. The minimum absolute atomic E-state index is 0.281. The average molecular weight is 179 g/mol. The number of carbonyl (C=O) groups is 2. The summed E-state index contributed by atoms with van der Waals surface area (Å²) in [6, 6.07) is 0. The molecule has 0 aliphatic rings. The van der Waals surface area contributed by atoms with Crippen molar-refractivity contribution in [3.05, 3.63) is 0 Å². The van der Waals surface area contributed by atoms with Crippen molar-refractivity contribution in [2.45, 2.75) is 13.3 Å². The van der Waals surface area contributed by atoms with Crippen LogP contribution < -0.4 is 0 Å². The Hall–Kier alpha value is -0.590. The van der Waals surface area contributed by atoms with Crippen LogP contribution in [0.15, 0.2) is 0 Å². The van der Waals surface area contributed by atoms with Gasteiger partial charge in [-0.1, -0.05) is 0 Å². The maximum atomic E-state index is 10.5. The Morgan fingerprint density at radius 3 is 2.45 bits per heavy atom. The van der Waals surface area contributed by atoms with Crippen LogP contribution in [-0.4, -0.2) is 26.9 Å². The minimum atomic E-state index is -2.68. The zero-order chi connectivity index (χ0) is 8.85. The predicted octanol–water partition coefficient (Wildman–Crippen LogP) is -0.655. The van der Waals surface area contributed by atoms with Gasteiger partial charge in [-0.05, 0) is 6.92 Å². The maximum absolute atomic E-state index is 10.5.